The first-order valence-corrected chi connectivity index (χ1v) is 5.90. The maximum absolute atomic E-state index is 13.4. The Bertz CT molecular complexity index is 321. The fraction of sp³-hybridized carbons (Fsp3) is 0.400. The van der Waals surface area contributed by atoms with Crippen LogP contribution in [0.5, 0.6) is 0 Å². The molecule has 0 spiro atoms. The molecule has 0 aliphatic heterocycles. The van der Waals surface area contributed by atoms with Crippen molar-refractivity contribution in [1.29, 1.82) is 0 Å². The highest BCUT2D eigenvalue weighted by atomic mass is 32.2. The zero-order chi connectivity index (χ0) is 11.4. The van der Waals surface area contributed by atoms with Crippen LogP contribution in [0.2, 0.25) is 0 Å². The average molecular weight is 232 g/mol. The van der Waals surface area contributed by atoms with E-state index in [1.165, 1.54) is 0 Å². The lowest BCUT2D eigenvalue weighted by Gasteiger charge is -2.20. The van der Waals surface area contributed by atoms with Crippen LogP contribution in [-0.2, 0) is 0 Å². The van der Waals surface area contributed by atoms with Gasteiger partial charge in [0.1, 0.15) is 5.69 Å². The summed E-state index contributed by atoms with van der Waals surface area (Å²) in [7, 11) is 1.66. The summed E-state index contributed by atoms with van der Waals surface area (Å²) in [5, 5.41) is 0. The van der Waals surface area contributed by atoms with E-state index in [0.717, 1.165) is 17.9 Å². The summed E-state index contributed by atoms with van der Waals surface area (Å²) in [6.07, 6.45) is 1.95. The highest BCUT2D eigenvalue weighted by Crippen LogP contribution is 2.24. The van der Waals surface area contributed by atoms with Crippen molar-refractivity contribution in [2.75, 3.05) is 36.2 Å². The smallest absolute Gasteiger partial charge is 0.151 e. The molecule has 0 bridgehead atoms. The van der Waals surface area contributed by atoms with E-state index in [2.05, 4.69) is 0 Å². The number of thioether (sulfide) groups is 1. The van der Waals surface area contributed by atoms with Crippen molar-refractivity contribution in [1.82, 2.24) is 0 Å². The van der Waals surface area contributed by atoms with E-state index in [1.54, 1.807) is 23.7 Å². The van der Waals surface area contributed by atoms with E-state index in [1.807, 2.05) is 6.26 Å². The minimum Gasteiger partial charge on any atom is -0.399 e. The number of halogens is 2. The maximum atomic E-state index is 13.4. The van der Waals surface area contributed by atoms with Gasteiger partial charge in [-0.05, 0) is 18.4 Å². The Kier molecular flexibility index (Phi) is 4.20. The molecule has 0 saturated carbocycles. The van der Waals surface area contributed by atoms with Crippen LogP contribution >= 0.6 is 11.8 Å². The van der Waals surface area contributed by atoms with Gasteiger partial charge in [0.15, 0.2) is 11.6 Å². The van der Waals surface area contributed by atoms with Crippen LogP contribution in [0.25, 0.3) is 0 Å². The normalized spacial score (nSPS) is 10.4. The summed E-state index contributed by atoms with van der Waals surface area (Å²) in [4.78, 5) is 1.56. The molecule has 0 amide bonds. The Morgan fingerprint density at radius 3 is 2.33 bits per heavy atom. The number of anilines is 2. The van der Waals surface area contributed by atoms with E-state index in [9.17, 15) is 8.78 Å². The summed E-state index contributed by atoms with van der Waals surface area (Å²) in [6.45, 7) is 0.596. The number of hydrogen-bond donors (Lipinski definition) is 1. The standard InChI is InChI=1S/C10H14F2N2S/c1-14(3-4-15-2)10-8(11)5-7(13)6-9(10)12/h5-6H,3-4,13H2,1-2H3. The third kappa shape index (κ3) is 2.99. The second-order valence-electron chi connectivity index (χ2n) is 3.25. The molecule has 5 heteroatoms. The number of hydrogen-bond acceptors (Lipinski definition) is 3. The van der Waals surface area contributed by atoms with Crippen molar-refractivity contribution < 1.29 is 8.78 Å². The van der Waals surface area contributed by atoms with Crippen LogP contribution in [0, 0.1) is 11.6 Å². The summed E-state index contributed by atoms with van der Waals surface area (Å²) in [5.41, 5.74) is 5.41. The van der Waals surface area contributed by atoms with Crippen LogP contribution < -0.4 is 10.6 Å². The summed E-state index contributed by atoms with van der Waals surface area (Å²) in [6, 6.07) is 2.27. The predicted molar refractivity (Wildman–Crippen MR) is 62.4 cm³/mol. The molecule has 1 aromatic carbocycles. The third-order valence-electron chi connectivity index (χ3n) is 2.05. The molecule has 15 heavy (non-hydrogen) atoms. The van der Waals surface area contributed by atoms with Gasteiger partial charge in [0.05, 0.1) is 0 Å². The van der Waals surface area contributed by atoms with Crippen LogP contribution in [0.15, 0.2) is 12.1 Å². The fourth-order valence-corrected chi connectivity index (χ4v) is 1.75. The zero-order valence-electron chi connectivity index (χ0n) is 8.76. The third-order valence-corrected chi connectivity index (χ3v) is 2.64. The highest BCUT2D eigenvalue weighted by Gasteiger charge is 2.13. The number of rotatable bonds is 4. The van der Waals surface area contributed by atoms with E-state index in [-0.39, 0.29) is 11.4 Å². The SMILES string of the molecule is CSCCN(C)c1c(F)cc(N)cc1F. The molecule has 2 N–H and O–H groups in total. The number of nitrogen functional groups attached to an aromatic ring is 1. The first-order chi connectivity index (χ1) is 7.06. The molecule has 1 rings (SSSR count). The molecule has 2 nitrogen and oxygen atoms in total. The van der Waals surface area contributed by atoms with Crippen LogP contribution in [0.4, 0.5) is 20.2 Å². The van der Waals surface area contributed by atoms with Gasteiger partial charge < -0.3 is 10.6 Å². The predicted octanol–water partition coefficient (Wildman–Crippen LogP) is 2.35. The molecule has 84 valence electrons. The quantitative estimate of drug-likeness (QED) is 0.808. The van der Waals surface area contributed by atoms with Gasteiger partial charge in [0, 0.05) is 25.0 Å². The van der Waals surface area contributed by atoms with E-state index >= 15 is 0 Å². The molecule has 0 saturated heterocycles. The molecule has 0 aliphatic rings. The van der Waals surface area contributed by atoms with Crippen LogP contribution in [-0.4, -0.2) is 25.6 Å². The van der Waals surface area contributed by atoms with Gasteiger partial charge >= 0.3 is 0 Å². The zero-order valence-corrected chi connectivity index (χ0v) is 9.57. The van der Waals surface area contributed by atoms with Gasteiger partial charge in [-0.1, -0.05) is 0 Å². The minimum absolute atomic E-state index is 0.0155. The fourth-order valence-electron chi connectivity index (χ4n) is 1.29. The Balaban J connectivity index is 2.92. The Labute approximate surface area is 92.4 Å². The van der Waals surface area contributed by atoms with E-state index < -0.39 is 11.6 Å². The van der Waals surface area contributed by atoms with Gasteiger partial charge in [0.25, 0.3) is 0 Å². The second kappa shape index (κ2) is 5.21. The average Bonchev–Trinajstić information content (AvgIpc) is 2.12. The number of nitrogens with two attached hydrogens (primary N) is 1. The van der Waals surface area contributed by atoms with Crippen molar-refractivity contribution >= 4 is 23.1 Å². The molecule has 0 atom stereocenters. The first kappa shape index (κ1) is 12.1. The molecular weight excluding hydrogens is 218 g/mol. The lowest BCUT2D eigenvalue weighted by Crippen LogP contribution is -2.22. The molecule has 0 radical (unpaired) electrons. The van der Waals surface area contributed by atoms with Crippen molar-refractivity contribution in [3.05, 3.63) is 23.8 Å². The molecule has 1 aromatic rings. The molecule has 0 fully saturated rings. The monoisotopic (exact) mass is 232 g/mol. The second-order valence-corrected chi connectivity index (χ2v) is 4.23. The topological polar surface area (TPSA) is 29.3 Å². The van der Waals surface area contributed by atoms with Gasteiger partial charge in [0.2, 0.25) is 0 Å². The first-order valence-electron chi connectivity index (χ1n) is 4.51. The summed E-state index contributed by atoms with van der Waals surface area (Å²) in [5.74, 6) is -0.410. The largest absolute Gasteiger partial charge is 0.399 e. The number of benzene rings is 1. The lowest BCUT2D eigenvalue weighted by molar-refractivity contribution is 0.580. The number of nitrogens with zero attached hydrogens (tertiary/aromatic N) is 1. The van der Waals surface area contributed by atoms with Gasteiger partial charge in [-0.15, -0.1) is 0 Å². The van der Waals surface area contributed by atoms with Crippen molar-refractivity contribution in [2.45, 2.75) is 0 Å². The van der Waals surface area contributed by atoms with Crippen LogP contribution in [0.3, 0.4) is 0 Å². The van der Waals surface area contributed by atoms with Crippen molar-refractivity contribution in [2.24, 2.45) is 0 Å². The molecule has 0 aliphatic carbocycles. The summed E-state index contributed by atoms with van der Waals surface area (Å²) < 4.78 is 26.8. The van der Waals surface area contributed by atoms with E-state index in [4.69, 9.17) is 5.73 Å². The van der Waals surface area contributed by atoms with Crippen LogP contribution in [0.1, 0.15) is 0 Å². The molecule has 0 unspecified atom stereocenters. The lowest BCUT2D eigenvalue weighted by atomic mass is 10.2. The Morgan fingerprint density at radius 2 is 1.87 bits per heavy atom. The Hall–Kier alpha value is -0.970. The summed E-state index contributed by atoms with van der Waals surface area (Å²) >= 11 is 1.63. The van der Waals surface area contributed by atoms with Crippen molar-refractivity contribution in [3.8, 4) is 0 Å². The van der Waals surface area contributed by atoms with Gasteiger partial charge in [-0.3, -0.25) is 0 Å². The Morgan fingerprint density at radius 1 is 1.33 bits per heavy atom. The minimum atomic E-state index is -0.615. The molecule has 0 heterocycles. The molecule has 0 aromatic heterocycles. The van der Waals surface area contributed by atoms with E-state index in [0.29, 0.717) is 6.54 Å². The highest BCUT2D eigenvalue weighted by molar-refractivity contribution is 7.98. The van der Waals surface area contributed by atoms with Gasteiger partial charge in [-0.2, -0.15) is 11.8 Å². The molecular formula is C10H14F2N2S. The van der Waals surface area contributed by atoms with Gasteiger partial charge in [-0.25, -0.2) is 8.78 Å². The maximum Gasteiger partial charge on any atom is 0.151 e. The van der Waals surface area contributed by atoms with Crippen molar-refractivity contribution in [3.63, 3.8) is 0 Å².